The van der Waals surface area contributed by atoms with Crippen molar-refractivity contribution in [2.24, 2.45) is 5.14 Å². The summed E-state index contributed by atoms with van der Waals surface area (Å²) in [7, 11) is -3.72. The topological polar surface area (TPSA) is 86.2 Å². The van der Waals surface area contributed by atoms with Gasteiger partial charge in [-0.3, -0.25) is 0 Å². The first-order valence-corrected chi connectivity index (χ1v) is 4.99. The van der Waals surface area contributed by atoms with Gasteiger partial charge in [-0.25, -0.2) is 18.5 Å². The van der Waals surface area contributed by atoms with Gasteiger partial charge < -0.3 is 4.42 Å². The molecule has 0 amide bonds. The monoisotopic (exact) mass is 198 g/mol. The Morgan fingerprint density at radius 2 is 2.15 bits per heavy atom. The molecule has 0 aliphatic rings. The molecule has 5 nitrogen and oxygen atoms in total. The van der Waals surface area contributed by atoms with Crippen LogP contribution in [0.3, 0.4) is 0 Å². The summed E-state index contributed by atoms with van der Waals surface area (Å²) in [6.45, 7) is 0. The first-order valence-electron chi connectivity index (χ1n) is 3.44. The predicted octanol–water partition coefficient (Wildman–Crippen LogP) is 0.475. The summed E-state index contributed by atoms with van der Waals surface area (Å²) in [5.41, 5.74) is 0.677. The maximum Gasteiger partial charge on any atom is 0.240 e. The average molecular weight is 198 g/mol. The molecule has 1 aromatic heterocycles. The second-order valence-corrected chi connectivity index (χ2v) is 4.03. The fourth-order valence-corrected chi connectivity index (χ4v) is 1.78. The molecule has 0 aliphatic heterocycles. The second kappa shape index (κ2) is 2.54. The molecule has 2 N–H and O–H groups in total. The molecule has 2 rings (SSSR count). The first kappa shape index (κ1) is 8.21. The molecule has 1 heterocycles. The summed E-state index contributed by atoms with van der Waals surface area (Å²) in [6, 6.07) is 4.56. The molecule has 0 aliphatic carbocycles. The lowest BCUT2D eigenvalue weighted by molar-refractivity contribution is 0.597. The van der Waals surface area contributed by atoms with Gasteiger partial charge in [0.15, 0.2) is 12.0 Å². The Morgan fingerprint density at radius 1 is 1.38 bits per heavy atom. The third-order valence-electron chi connectivity index (χ3n) is 1.63. The van der Waals surface area contributed by atoms with Crippen molar-refractivity contribution in [2.75, 3.05) is 0 Å². The molecule has 68 valence electrons. The Hall–Kier alpha value is -1.40. The lowest BCUT2D eigenvalue weighted by Crippen LogP contribution is -2.12. The van der Waals surface area contributed by atoms with E-state index in [0.717, 1.165) is 0 Å². The summed E-state index contributed by atoms with van der Waals surface area (Å²) in [5, 5.41) is 4.97. The summed E-state index contributed by atoms with van der Waals surface area (Å²) >= 11 is 0. The van der Waals surface area contributed by atoms with Gasteiger partial charge in [-0.15, -0.1) is 0 Å². The van der Waals surface area contributed by atoms with Crippen molar-refractivity contribution < 1.29 is 12.8 Å². The number of oxazole rings is 1. The van der Waals surface area contributed by atoms with Gasteiger partial charge in [0.05, 0.1) is 0 Å². The Labute approximate surface area is 74.2 Å². The first-order chi connectivity index (χ1) is 6.09. The largest absolute Gasteiger partial charge is 0.443 e. The highest BCUT2D eigenvalue weighted by Gasteiger charge is 2.14. The quantitative estimate of drug-likeness (QED) is 0.721. The van der Waals surface area contributed by atoms with E-state index in [1.165, 1.54) is 12.5 Å². The number of rotatable bonds is 1. The molecule has 6 heteroatoms. The number of primary sulfonamides is 1. The van der Waals surface area contributed by atoms with Crippen molar-refractivity contribution >= 4 is 21.1 Å². The summed E-state index contributed by atoms with van der Waals surface area (Å²) in [4.78, 5) is 3.74. The molecule has 0 radical (unpaired) electrons. The van der Waals surface area contributed by atoms with E-state index in [2.05, 4.69) is 4.98 Å². The molecule has 1 aromatic carbocycles. The van der Waals surface area contributed by atoms with Gasteiger partial charge >= 0.3 is 0 Å². The van der Waals surface area contributed by atoms with Crippen LogP contribution in [-0.2, 0) is 10.0 Å². The van der Waals surface area contributed by atoms with Gasteiger partial charge in [-0.2, -0.15) is 0 Å². The van der Waals surface area contributed by atoms with Gasteiger partial charge in [-0.05, 0) is 12.1 Å². The van der Waals surface area contributed by atoms with Crippen molar-refractivity contribution in [1.29, 1.82) is 0 Å². The maximum atomic E-state index is 11.0. The van der Waals surface area contributed by atoms with Crippen LogP contribution >= 0.6 is 0 Å². The van der Waals surface area contributed by atoms with Crippen LogP contribution in [-0.4, -0.2) is 13.4 Å². The minimum atomic E-state index is -3.72. The van der Waals surface area contributed by atoms with Crippen molar-refractivity contribution in [3.8, 4) is 0 Å². The highest BCUT2D eigenvalue weighted by molar-refractivity contribution is 7.89. The molecular formula is C7H6N2O3S. The van der Waals surface area contributed by atoms with Crippen LogP contribution in [0.15, 0.2) is 33.9 Å². The zero-order valence-electron chi connectivity index (χ0n) is 6.47. The lowest BCUT2D eigenvalue weighted by atomic mass is 10.3. The van der Waals surface area contributed by atoms with Crippen molar-refractivity contribution in [3.05, 3.63) is 24.6 Å². The molecule has 0 unspecified atom stereocenters. The Bertz CT molecular complexity index is 544. The van der Waals surface area contributed by atoms with E-state index in [9.17, 15) is 8.42 Å². The highest BCUT2D eigenvalue weighted by Crippen LogP contribution is 2.19. The molecule has 0 fully saturated rings. The van der Waals surface area contributed by atoms with Crippen molar-refractivity contribution in [1.82, 2.24) is 4.98 Å². The average Bonchev–Trinajstić information content (AvgIpc) is 2.48. The zero-order valence-corrected chi connectivity index (χ0v) is 7.28. The molecule has 0 saturated heterocycles. The van der Waals surface area contributed by atoms with Crippen LogP contribution in [0.5, 0.6) is 0 Å². The normalized spacial score (nSPS) is 12.1. The van der Waals surface area contributed by atoms with Gasteiger partial charge in [0.2, 0.25) is 10.0 Å². The minimum Gasteiger partial charge on any atom is -0.443 e. The number of benzene rings is 1. The maximum absolute atomic E-state index is 11.0. The number of para-hydroxylation sites is 1. The van der Waals surface area contributed by atoms with Gasteiger partial charge in [-0.1, -0.05) is 6.07 Å². The predicted molar refractivity (Wildman–Crippen MR) is 45.4 cm³/mol. The van der Waals surface area contributed by atoms with Crippen LogP contribution in [0.25, 0.3) is 11.1 Å². The smallest absolute Gasteiger partial charge is 0.240 e. The number of fused-ring (bicyclic) bond motifs is 1. The lowest BCUT2D eigenvalue weighted by Gasteiger charge is -1.96. The van der Waals surface area contributed by atoms with Gasteiger partial charge in [0.25, 0.3) is 0 Å². The van der Waals surface area contributed by atoms with Crippen LogP contribution in [0.4, 0.5) is 0 Å². The van der Waals surface area contributed by atoms with Crippen molar-refractivity contribution in [2.45, 2.75) is 4.90 Å². The number of sulfonamides is 1. The van der Waals surface area contributed by atoms with E-state index in [4.69, 9.17) is 9.56 Å². The van der Waals surface area contributed by atoms with E-state index < -0.39 is 10.0 Å². The van der Waals surface area contributed by atoms with Gasteiger partial charge in [0, 0.05) is 0 Å². The number of nitrogens with two attached hydrogens (primary N) is 1. The second-order valence-electron chi connectivity index (χ2n) is 2.50. The standard InChI is InChI=1S/C7H6N2O3S/c8-13(10,11)6-3-1-2-5-7(6)9-4-12-5/h1-4H,(H2,8,10,11). The molecule has 2 aromatic rings. The number of hydrogen-bond donors (Lipinski definition) is 1. The Morgan fingerprint density at radius 3 is 2.85 bits per heavy atom. The summed E-state index contributed by atoms with van der Waals surface area (Å²) in [5.74, 6) is 0. The highest BCUT2D eigenvalue weighted by atomic mass is 32.2. The van der Waals surface area contributed by atoms with E-state index >= 15 is 0 Å². The van der Waals surface area contributed by atoms with Crippen LogP contribution in [0, 0.1) is 0 Å². The Balaban J connectivity index is 2.91. The number of aromatic nitrogens is 1. The minimum absolute atomic E-state index is 0.0150. The summed E-state index contributed by atoms with van der Waals surface area (Å²) in [6.07, 6.45) is 1.18. The van der Waals surface area contributed by atoms with E-state index in [1.807, 2.05) is 0 Å². The zero-order chi connectivity index (χ0) is 9.47. The molecule has 0 spiro atoms. The molecule has 0 saturated carbocycles. The fourth-order valence-electron chi connectivity index (χ4n) is 1.09. The molecular weight excluding hydrogens is 192 g/mol. The molecule has 0 atom stereocenters. The van der Waals surface area contributed by atoms with Crippen LogP contribution in [0.1, 0.15) is 0 Å². The van der Waals surface area contributed by atoms with Crippen LogP contribution < -0.4 is 5.14 Å². The van der Waals surface area contributed by atoms with E-state index in [1.54, 1.807) is 12.1 Å². The van der Waals surface area contributed by atoms with Crippen molar-refractivity contribution in [3.63, 3.8) is 0 Å². The summed E-state index contributed by atoms with van der Waals surface area (Å²) < 4.78 is 27.0. The SMILES string of the molecule is NS(=O)(=O)c1cccc2ocnc12. The van der Waals surface area contributed by atoms with E-state index in [0.29, 0.717) is 5.58 Å². The fraction of sp³-hybridized carbons (Fsp3) is 0. The number of hydrogen-bond acceptors (Lipinski definition) is 4. The van der Waals surface area contributed by atoms with E-state index in [-0.39, 0.29) is 10.4 Å². The third kappa shape index (κ3) is 1.30. The van der Waals surface area contributed by atoms with Crippen LogP contribution in [0.2, 0.25) is 0 Å². The molecule has 13 heavy (non-hydrogen) atoms. The Kier molecular flexibility index (Phi) is 1.61. The molecule has 0 bridgehead atoms. The third-order valence-corrected chi connectivity index (χ3v) is 2.57. The van der Waals surface area contributed by atoms with Gasteiger partial charge in [0.1, 0.15) is 10.4 Å². The number of nitrogens with zero attached hydrogens (tertiary/aromatic N) is 1.